The van der Waals surface area contributed by atoms with E-state index >= 15 is 0 Å². The molecule has 2 aliphatic rings. The van der Waals surface area contributed by atoms with Gasteiger partial charge in [-0.25, -0.2) is 12.7 Å². The Kier molecular flexibility index (Phi) is 4.91. The minimum atomic E-state index is -3.30. The van der Waals surface area contributed by atoms with Gasteiger partial charge in [0, 0.05) is 25.2 Å². The van der Waals surface area contributed by atoms with Gasteiger partial charge in [0.25, 0.3) is 0 Å². The number of piperidine rings is 1. The summed E-state index contributed by atoms with van der Waals surface area (Å²) in [6.45, 7) is 4.86. The van der Waals surface area contributed by atoms with Crippen LogP contribution in [0, 0.1) is 0 Å². The predicted molar refractivity (Wildman–Crippen MR) is 89.6 cm³/mol. The molecule has 0 aliphatic carbocycles. The second-order valence-electron chi connectivity index (χ2n) is 6.40. The van der Waals surface area contributed by atoms with Gasteiger partial charge in [0.2, 0.25) is 10.0 Å². The molecule has 0 amide bonds. The highest BCUT2D eigenvalue weighted by molar-refractivity contribution is 7.89. The highest BCUT2D eigenvalue weighted by Crippen LogP contribution is 2.25. The molecule has 2 heterocycles. The van der Waals surface area contributed by atoms with Crippen molar-refractivity contribution in [2.45, 2.75) is 50.1 Å². The molecule has 7 heteroatoms. The molecule has 0 saturated carbocycles. The number of rotatable bonds is 4. The molecule has 0 spiro atoms. The maximum atomic E-state index is 12.9. The van der Waals surface area contributed by atoms with Crippen molar-refractivity contribution in [3.05, 3.63) is 30.3 Å². The Morgan fingerprint density at radius 1 is 1.04 bits per heavy atom. The van der Waals surface area contributed by atoms with Crippen molar-refractivity contribution in [2.75, 3.05) is 13.1 Å². The van der Waals surface area contributed by atoms with Crippen molar-refractivity contribution in [1.29, 1.82) is 0 Å². The average molecular weight is 339 g/mol. The van der Waals surface area contributed by atoms with E-state index in [0.717, 1.165) is 18.6 Å². The van der Waals surface area contributed by atoms with Gasteiger partial charge in [-0.2, -0.15) is 0 Å². The summed E-state index contributed by atoms with van der Waals surface area (Å²) in [7, 11) is -3.30. The van der Waals surface area contributed by atoms with Crippen LogP contribution < -0.4 is 15.6 Å². The molecule has 3 rings (SSSR count). The third kappa shape index (κ3) is 3.52. The fourth-order valence-corrected chi connectivity index (χ4v) is 5.68. The first-order chi connectivity index (χ1) is 11.0. The largest absolute Gasteiger partial charge is 0.490 e. The fourth-order valence-electron chi connectivity index (χ4n) is 3.44. The van der Waals surface area contributed by atoms with Crippen LogP contribution in [0.5, 0.6) is 5.75 Å². The Morgan fingerprint density at radius 2 is 1.61 bits per heavy atom. The van der Waals surface area contributed by atoms with Gasteiger partial charge in [0.05, 0.1) is 0 Å². The normalized spacial score (nSPS) is 30.4. The van der Waals surface area contributed by atoms with E-state index in [-0.39, 0.29) is 18.2 Å². The van der Waals surface area contributed by atoms with Crippen LogP contribution >= 0.6 is 0 Å². The van der Waals surface area contributed by atoms with Crippen molar-refractivity contribution in [3.8, 4) is 5.75 Å². The molecule has 2 unspecified atom stereocenters. The van der Waals surface area contributed by atoms with Crippen molar-refractivity contribution in [2.24, 2.45) is 0 Å². The monoisotopic (exact) mass is 339 g/mol. The summed E-state index contributed by atoms with van der Waals surface area (Å²) < 4.78 is 33.3. The third-order valence-corrected chi connectivity index (χ3v) is 7.26. The van der Waals surface area contributed by atoms with Crippen LogP contribution in [0.15, 0.2) is 30.3 Å². The number of hydrogen-bond acceptors (Lipinski definition) is 5. The van der Waals surface area contributed by atoms with E-state index in [1.54, 1.807) is 4.31 Å². The molecule has 128 valence electrons. The van der Waals surface area contributed by atoms with Gasteiger partial charge < -0.3 is 4.74 Å². The second-order valence-corrected chi connectivity index (χ2v) is 8.50. The Morgan fingerprint density at radius 3 is 2.17 bits per heavy atom. The first kappa shape index (κ1) is 16.7. The number of hydrazine groups is 1. The van der Waals surface area contributed by atoms with Crippen molar-refractivity contribution in [1.82, 2.24) is 15.2 Å². The Labute approximate surface area is 138 Å². The van der Waals surface area contributed by atoms with Crippen LogP contribution in [0.2, 0.25) is 0 Å². The van der Waals surface area contributed by atoms with Crippen LogP contribution in [0.1, 0.15) is 26.7 Å². The van der Waals surface area contributed by atoms with Gasteiger partial charge in [-0.05, 0) is 38.8 Å². The number of hydrogen-bond donors (Lipinski definition) is 2. The lowest BCUT2D eigenvalue weighted by molar-refractivity contribution is 0.134. The quantitative estimate of drug-likeness (QED) is 0.860. The van der Waals surface area contributed by atoms with Gasteiger partial charge in [0.1, 0.15) is 17.1 Å². The number of benzene rings is 1. The van der Waals surface area contributed by atoms with Crippen LogP contribution in [0.4, 0.5) is 0 Å². The highest BCUT2D eigenvalue weighted by atomic mass is 32.2. The Hall–Kier alpha value is -1.15. The van der Waals surface area contributed by atoms with E-state index in [0.29, 0.717) is 13.1 Å². The van der Waals surface area contributed by atoms with Crippen molar-refractivity contribution < 1.29 is 13.2 Å². The third-order valence-electron chi connectivity index (χ3n) is 4.68. The number of para-hydroxylation sites is 1. The second kappa shape index (κ2) is 6.76. The zero-order valence-corrected chi connectivity index (χ0v) is 14.4. The molecule has 1 aromatic carbocycles. The summed E-state index contributed by atoms with van der Waals surface area (Å²) in [4.78, 5) is 0. The number of sulfonamides is 1. The average Bonchev–Trinajstić information content (AvgIpc) is 2.88. The predicted octanol–water partition coefficient (Wildman–Crippen LogP) is 1.11. The molecular weight excluding hydrogens is 314 g/mol. The smallest absolute Gasteiger partial charge is 0.220 e. The van der Waals surface area contributed by atoms with E-state index in [2.05, 4.69) is 10.9 Å². The Balaban J connectivity index is 1.60. The van der Waals surface area contributed by atoms with E-state index in [4.69, 9.17) is 4.74 Å². The SMILES string of the molecule is CC1NNC(C)C1S(=O)(=O)N1CCC(Oc2ccccc2)CC1. The molecule has 2 N–H and O–H groups in total. The van der Waals surface area contributed by atoms with Crippen LogP contribution in [0.3, 0.4) is 0 Å². The molecular formula is C16H25N3O3S. The minimum absolute atomic E-state index is 0.0820. The molecule has 0 aromatic heterocycles. The molecule has 6 nitrogen and oxygen atoms in total. The van der Waals surface area contributed by atoms with Crippen molar-refractivity contribution in [3.63, 3.8) is 0 Å². The maximum absolute atomic E-state index is 12.9. The lowest BCUT2D eigenvalue weighted by atomic mass is 10.1. The van der Waals surface area contributed by atoms with Crippen LogP contribution in [-0.2, 0) is 10.0 Å². The highest BCUT2D eigenvalue weighted by Gasteiger charge is 2.44. The molecule has 23 heavy (non-hydrogen) atoms. The van der Waals surface area contributed by atoms with Gasteiger partial charge in [-0.3, -0.25) is 10.9 Å². The molecule has 0 bridgehead atoms. The van der Waals surface area contributed by atoms with Gasteiger partial charge in [0.15, 0.2) is 0 Å². The number of nitrogens with one attached hydrogen (secondary N) is 2. The number of nitrogens with zero attached hydrogens (tertiary/aromatic N) is 1. The van der Waals surface area contributed by atoms with E-state index in [1.165, 1.54) is 0 Å². The zero-order valence-electron chi connectivity index (χ0n) is 13.6. The summed E-state index contributed by atoms with van der Waals surface area (Å²) in [5.41, 5.74) is 6.05. The fraction of sp³-hybridized carbons (Fsp3) is 0.625. The lowest BCUT2D eigenvalue weighted by Gasteiger charge is -2.34. The van der Waals surface area contributed by atoms with E-state index in [1.807, 2.05) is 44.2 Å². The summed E-state index contributed by atoms with van der Waals surface area (Å²) in [6.07, 6.45) is 1.54. The topological polar surface area (TPSA) is 70.7 Å². The first-order valence-corrected chi connectivity index (χ1v) is 9.70. The van der Waals surface area contributed by atoms with E-state index < -0.39 is 15.3 Å². The molecule has 2 fully saturated rings. The standard InChI is InChI=1S/C16H25N3O3S/c1-12-16(13(2)18-17-12)23(20,21)19-10-8-15(9-11-19)22-14-6-4-3-5-7-14/h3-7,12-13,15-18H,8-11H2,1-2H3. The summed E-state index contributed by atoms with van der Waals surface area (Å²) in [5, 5.41) is -0.422. The molecule has 2 atom stereocenters. The van der Waals surface area contributed by atoms with Gasteiger partial charge >= 0.3 is 0 Å². The Bertz CT molecular complexity index is 605. The zero-order chi connectivity index (χ0) is 16.4. The lowest BCUT2D eigenvalue weighted by Crippen LogP contribution is -2.50. The van der Waals surface area contributed by atoms with Crippen molar-refractivity contribution >= 4 is 10.0 Å². The summed E-state index contributed by atoms with van der Waals surface area (Å²) >= 11 is 0. The maximum Gasteiger partial charge on any atom is 0.220 e. The van der Waals surface area contributed by atoms with Gasteiger partial charge in [-0.15, -0.1) is 0 Å². The molecule has 0 radical (unpaired) electrons. The summed E-state index contributed by atoms with van der Waals surface area (Å²) in [6, 6.07) is 9.52. The first-order valence-electron chi connectivity index (χ1n) is 8.20. The summed E-state index contributed by atoms with van der Waals surface area (Å²) in [5.74, 6) is 0.847. The molecule has 2 saturated heterocycles. The molecule has 1 aromatic rings. The number of ether oxygens (including phenoxy) is 1. The van der Waals surface area contributed by atoms with E-state index in [9.17, 15) is 8.42 Å². The van der Waals surface area contributed by atoms with Crippen LogP contribution in [-0.4, -0.2) is 49.3 Å². The van der Waals surface area contributed by atoms with Gasteiger partial charge in [-0.1, -0.05) is 18.2 Å². The van der Waals surface area contributed by atoms with Crippen LogP contribution in [0.25, 0.3) is 0 Å². The minimum Gasteiger partial charge on any atom is -0.490 e. The molecule has 2 aliphatic heterocycles.